The van der Waals surface area contributed by atoms with Gasteiger partial charge in [0.15, 0.2) is 0 Å². The summed E-state index contributed by atoms with van der Waals surface area (Å²) < 4.78 is 0. The van der Waals surface area contributed by atoms with Gasteiger partial charge in [0, 0.05) is 22.3 Å². The molecule has 0 spiro atoms. The third-order valence-electron chi connectivity index (χ3n) is 2.25. The molecule has 0 saturated carbocycles. The van der Waals surface area contributed by atoms with Crippen LogP contribution in [0.4, 0.5) is 0 Å². The number of hydrogen-bond donors (Lipinski definition) is 1. The summed E-state index contributed by atoms with van der Waals surface area (Å²) in [6.45, 7) is 7.52. The Bertz CT molecular complexity index is 268. The zero-order valence-corrected chi connectivity index (χ0v) is 9.93. The number of hydrogen-bond acceptors (Lipinski definition) is 2. The summed E-state index contributed by atoms with van der Waals surface area (Å²) in [5.41, 5.74) is 0.219. The maximum atomic E-state index is 5.83. The first-order chi connectivity index (χ1) is 6.03. The van der Waals surface area contributed by atoms with Crippen LogP contribution in [0.3, 0.4) is 0 Å². The Morgan fingerprint density at radius 3 is 2.69 bits per heavy atom. The van der Waals surface area contributed by atoms with E-state index < -0.39 is 0 Å². The zero-order chi connectivity index (χ0) is 9.90. The quantitative estimate of drug-likeness (QED) is 0.812. The van der Waals surface area contributed by atoms with E-state index in [1.807, 2.05) is 11.4 Å². The predicted molar refractivity (Wildman–Crippen MR) is 60.5 cm³/mol. The summed E-state index contributed by atoms with van der Waals surface area (Å²) in [6, 6.07) is 2.02. The van der Waals surface area contributed by atoms with E-state index in [0.717, 1.165) is 18.0 Å². The highest BCUT2D eigenvalue weighted by Gasteiger charge is 2.13. The Morgan fingerprint density at radius 1 is 1.54 bits per heavy atom. The molecule has 1 nitrogen and oxygen atoms in total. The van der Waals surface area contributed by atoms with Crippen molar-refractivity contribution in [2.45, 2.75) is 39.3 Å². The van der Waals surface area contributed by atoms with Crippen molar-refractivity contribution in [1.82, 2.24) is 5.32 Å². The lowest BCUT2D eigenvalue weighted by molar-refractivity contribution is 0.376. The fourth-order valence-electron chi connectivity index (χ4n) is 0.898. The Kier molecular flexibility index (Phi) is 3.77. The standard InChI is InChI=1S/C10H16ClNS/c1-4-10(2,3)12-6-9-5-8(11)7-13-9/h5,7,12H,4,6H2,1-3H3. The van der Waals surface area contributed by atoms with Crippen molar-refractivity contribution < 1.29 is 0 Å². The van der Waals surface area contributed by atoms with Gasteiger partial charge >= 0.3 is 0 Å². The van der Waals surface area contributed by atoms with Gasteiger partial charge < -0.3 is 5.32 Å². The van der Waals surface area contributed by atoms with Crippen LogP contribution in [0.15, 0.2) is 11.4 Å². The van der Waals surface area contributed by atoms with E-state index in [1.165, 1.54) is 4.88 Å². The Morgan fingerprint density at radius 2 is 2.23 bits per heavy atom. The van der Waals surface area contributed by atoms with Crippen molar-refractivity contribution in [2.75, 3.05) is 0 Å². The van der Waals surface area contributed by atoms with E-state index in [9.17, 15) is 0 Å². The average Bonchev–Trinajstić information content (AvgIpc) is 2.48. The van der Waals surface area contributed by atoms with Gasteiger partial charge in [0.1, 0.15) is 0 Å². The first kappa shape index (κ1) is 11.0. The summed E-state index contributed by atoms with van der Waals surface area (Å²) in [7, 11) is 0. The molecule has 74 valence electrons. The Hall–Kier alpha value is -0.0500. The molecule has 0 aliphatic heterocycles. The van der Waals surface area contributed by atoms with Gasteiger partial charge in [-0.05, 0) is 26.3 Å². The summed E-state index contributed by atoms with van der Waals surface area (Å²) in [5.74, 6) is 0. The Balaban J connectivity index is 2.43. The highest BCUT2D eigenvalue weighted by Crippen LogP contribution is 2.19. The van der Waals surface area contributed by atoms with Gasteiger partial charge in [0.2, 0.25) is 0 Å². The van der Waals surface area contributed by atoms with E-state index in [-0.39, 0.29) is 5.54 Å². The maximum absolute atomic E-state index is 5.83. The lowest BCUT2D eigenvalue weighted by Gasteiger charge is -2.24. The Labute approximate surface area is 89.1 Å². The molecule has 0 amide bonds. The molecular weight excluding hydrogens is 202 g/mol. The molecule has 1 aromatic rings. The molecule has 1 N–H and O–H groups in total. The first-order valence-corrected chi connectivity index (χ1v) is 5.77. The molecule has 1 aromatic heterocycles. The molecule has 0 saturated heterocycles. The summed E-state index contributed by atoms with van der Waals surface area (Å²) >= 11 is 7.53. The monoisotopic (exact) mass is 217 g/mol. The van der Waals surface area contributed by atoms with Gasteiger partial charge in [0.05, 0.1) is 5.02 Å². The molecule has 0 aliphatic carbocycles. The summed E-state index contributed by atoms with van der Waals surface area (Å²) in [4.78, 5) is 1.30. The molecule has 1 rings (SSSR count). The van der Waals surface area contributed by atoms with Gasteiger partial charge in [0.25, 0.3) is 0 Å². The van der Waals surface area contributed by atoms with E-state index in [1.54, 1.807) is 11.3 Å². The van der Waals surface area contributed by atoms with Crippen LogP contribution in [-0.4, -0.2) is 5.54 Å². The molecular formula is C10H16ClNS. The molecule has 0 aliphatic rings. The van der Waals surface area contributed by atoms with Crippen LogP contribution in [-0.2, 0) is 6.54 Å². The molecule has 1 heterocycles. The topological polar surface area (TPSA) is 12.0 Å². The minimum absolute atomic E-state index is 0.219. The van der Waals surface area contributed by atoms with Crippen molar-refractivity contribution in [3.05, 3.63) is 21.3 Å². The van der Waals surface area contributed by atoms with Crippen molar-refractivity contribution in [3.63, 3.8) is 0 Å². The normalized spacial score (nSPS) is 12.0. The number of thiophene rings is 1. The smallest absolute Gasteiger partial charge is 0.0516 e. The van der Waals surface area contributed by atoms with Crippen LogP contribution < -0.4 is 5.32 Å². The molecule has 13 heavy (non-hydrogen) atoms. The lowest BCUT2D eigenvalue weighted by atomic mass is 10.0. The molecule has 3 heteroatoms. The number of nitrogens with one attached hydrogen (secondary N) is 1. The summed E-state index contributed by atoms with van der Waals surface area (Å²) in [6.07, 6.45) is 1.13. The summed E-state index contributed by atoms with van der Waals surface area (Å²) in [5, 5.41) is 6.30. The largest absolute Gasteiger partial charge is 0.307 e. The van der Waals surface area contributed by atoms with Crippen molar-refractivity contribution in [1.29, 1.82) is 0 Å². The van der Waals surface area contributed by atoms with E-state index in [0.29, 0.717) is 0 Å². The second-order valence-electron chi connectivity index (χ2n) is 3.82. The van der Waals surface area contributed by atoms with Crippen molar-refractivity contribution in [3.8, 4) is 0 Å². The maximum Gasteiger partial charge on any atom is 0.0516 e. The zero-order valence-electron chi connectivity index (χ0n) is 8.36. The van der Waals surface area contributed by atoms with Crippen molar-refractivity contribution >= 4 is 22.9 Å². The van der Waals surface area contributed by atoms with Crippen LogP contribution in [0.25, 0.3) is 0 Å². The van der Waals surface area contributed by atoms with E-state index in [4.69, 9.17) is 11.6 Å². The second-order valence-corrected chi connectivity index (χ2v) is 5.25. The predicted octanol–water partition coefficient (Wildman–Crippen LogP) is 3.68. The molecule has 0 fully saturated rings. The minimum atomic E-state index is 0.219. The molecule has 0 bridgehead atoms. The SMILES string of the molecule is CCC(C)(C)NCc1cc(Cl)cs1. The minimum Gasteiger partial charge on any atom is -0.307 e. The third-order valence-corrected chi connectivity index (χ3v) is 3.53. The van der Waals surface area contributed by atoms with Crippen LogP contribution in [0.5, 0.6) is 0 Å². The second kappa shape index (κ2) is 4.45. The van der Waals surface area contributed by atoms with Crippen LogP contribution in [0.1, 0.15) is 32.1 Å². The molecule has 0 aromatic carbocycles. The third kappa shape index (κ3) is 3.67. The molecule has 0 atom stereocenters. The van der Waals surface area contributed by atoms with Crippen LogP contribution >= 0.6 is 22.9 Å². The number of halogens is 1. The van der Waals surface area contributed by atoms with E-state index in [2.05, 4.69) is 26.1 Å². The number of rotatable bonds is 4. The van der Waals surface area contributed by atoms with Gasteiger partial charge in [-0.25, -0.2) is 0 Å². The van der Waals surface area contributed by atoms with Crippen molar-refractivity contribution in [2.24, 2.45) is 0 Å². The lowest BCUT2D eigenvalue weighted by Crippen LogP contribution is -2.37. The van der Waals surface area contributed by atoms with E-state index >= 15 is 0 Å². The highest BCUT2D eigenvalue weighted by atomic mass is 35.5. The van der Waals surface area contributed by atoms with Gasteiger partial charge in [-0.2, -0.15) is 0 Å². The van der Waals surface area contributed by atoms with Crippen LogP contribution in [0.2, 0.25) is 5.02 Å². The van der Waals surface area contributed by atoms with Gasteiger partial charge in [-0.15, -0.1) is 11.3 Å². The van der Waals surface area contributed by atoms with Gasteiger partial charge in [-0.1, -0.05) is 18.5 Å². The average molecular weight is 218 g/mol. The van der Waals surface area contributed by atoms with Gasteiger partial charge in [-0.3, -0.25) is 0 Å². The molecule has 0 radical (unpaired) electrons. The first-order valence-electron chi connectivity index (χ1n) is 4.51. The fraction of sp³-hybridized carbons (Fsp3) is 0.600. The molecule has 0 unspecified atom stereocenters. The van der Waals surface area contributed by atoms with Crippen LogP contribution in [0, 0.1) is 0 Å². The highest BCUT2D eigenvalue weighted by molar-refractivity contribution is 7.10. The fourth-order valence-corrected chi connectivity index (χ4v) is 1.91.